The number of nitrogens with zero attached hydrogens (tertiary/aromatic N) is 1. The van der Waals surface area contributed by atoms with Crippen LogP contribution in [0.3, 0.4) is 0 Å². The van der Waals surface area contributed by atoms with Crippen molar-refractivity contribution in [2.75, 3.05) is 18.4 Å². The van der Waals surface area contributed by atoms with E-state index in [0.29, 0.717) is 20.8 Å². The molecule has 0 radical (unpaired) electrons. The van der Waals surface area contributed by atoms with Crippen LogP contribution in [0.15, 0.2) is 18.2 Å². The third-order valence-corrected chi connectivity index (χ3v) is 4.08. The van der Waals surface area contributed by atoms with E-state index >= 15 is 0 Å². The zero-order valence-electron chi connectivity index (χ0n) is 10.1. The van der Waals surface area contributed by atoms with Crippen LogP contribution in [0.1, 0.15) is 25.7 Å². The second-order valence-electron chi connectivity index (χ2n) is 4.43. The number of benzene rings is 1. The number of hydrogen-bond acceptors (Lipinski definition) is 1. The van der Waals surface area contributed by atoms with Gasteiger partial charge in [0, 0.05) is 13.1 Å². The van der Waals surface area contributed by atoms with Gasteiger partial charge in [-0.15, -0.1) is 0 Å². The zero-order valence-corrected chi connectivity index (χ0v) is 12.4. The fourth-order valence-corrected chi connectivity index (χ4v) is 2.85. The number of thiocarbonyl (C=S) groups is 1. The fourth-order valence-electron chi connectivity index (χ4n) is 2.08. The van der Waals surface area contributed by atoms with Crippen LogP contribution in [0.25, 0.3) is 0 Å². The van der Waals surface area contributed by atoms with Gasteiger partial charge in [0.25, 0.3) is 0 Å². The molecule has 1 fully saturated rings. The van der Waals surface area contributed by atoms with Crippen LogP contribution in [-0.4, -0.2) is 23.1 Å². The van der Waals surface area contributed by atoms with E-state index in [0.717, 1.165) is 13.1 Å². The van der Waals surface area contributed by atoms with Crippen molar-refractivity contribution in [1.82, 2.24) is 4.90 Å². The Bertz CT molecular complexity index is 409. The summed E-state index contributed by atoms with van der Waals surface area (Å²) in [4.78, 5) is 2.20. The summed E-state index contributed by atoms with van der Waals surface area (Å²) >= 11 is 17.7. The van der Waals surface area contributed by atoms with Crippen LogP contribution in [0.2, 0.25) is 10.0 Å². The SMILES string of the molecule is S=C(Nc1c(Cl)cccc1Cl)N1CCCCCC1. The van der Waals surface area contributed by atoms with E-state index in [1.807, 2.05) is 6.07 Å². The van der Waals surface area contributed by atoms with Crippen molar-refractivity contribution in [3.05, 3.63) is 28.2 Å². The third-order valence-electron chi connectivity index (χ3n) is 3.09. The molecule has 1 heterocycles. The van der Waals surface area contributed by atoms with Crippen molar-refractivity contribution in [1.29, 1.82) is 0 Å². The molecule has 0 aliphatic carbocycles. The second kappa shape index (κ2) is 6.60. The Morgan fingerprint density at radius 1 is 1.06 bits per heavy atom. The number of halogens is 2. The predicted octanol–water partition coefficient (Wildman–Crippen LogP) is 4.57. The Labute approximate surface area is 123 Å². The first-order valence-electron chi connectivity index (χ1n) is 6.18. The van der Waals surface area contributed by atoms with Crippen LogP contribution < -0.4 is 5.32 Å². The molecule has 0 saturated carbocycles. The number of para-hydroxylation sites is 1. The maximum Gasteiger partial charge on any atom is 0.173 e. The van der Waals surface area contributed by atoms with Crippen molar-refractivity contribution in [2.45, 2.75) is 25.7 Å². The highest BCUT2D eigenvalue weighted by Gasteiger charge is 2.14. The topological polar surface area (TPSA) is 15.3 Å². The van der Waals surface area contributed by atoms with Gasteiger partial charge >= 0.3 is 0 Å². The molecule has 2 rings (SSSR count). The lowest BCUT2D eigenvalue weighted by Gasteiger charge is -2.24. The summed E-state index contributed by atoms with van der Waals surface area (Å²) in [6, 6.07) is 5.44. The monoisotopic (exact) mass is 302 g/mol. The fraction of sp³-hybridized carbons (Fsp3) is 0.462. The number of nitrogens with one attached hydrogen (secondary N) is 1. The maximum absolute atomic E-state index is 6.12. The largest absolute Gasteiger partial charge is 0.349 e. The average Bonchev–Trinajstić information content (AvgIpc) is 2.62. The molecule has 5 heteroatoms. The highest BCUT2D eigenvalue weighted by molar-refractivity contribution is 7.80. The number of likely N-dealkylation sites (tertiary alicyclic amines) is 1. The van der Waals surface area contributed by atoms with E-state index in [2.05, 4.69) is 10.2 Å². The first-order valence-corrected chi connectivity index (χ1v) is 7.35. The van der Waals surface area contributed by atoms with Crippen LogP contribution in [-0.2, 0) is 0 Å². The summed E-state index contributed by atoms with van der Waals surface area (Å²) in [5.74, 6) is 0. The average molecular weight is 303 g/mol. The van der Waals surface area contributed by atoms with Gasteiger partial charge in [0.1, 0.15) is 0 Å². The summed E-state index contributed by atoms with van der Waals surface area (Å²) in [7, 11) is 0. The van der Waals surface area contributed by atoms with Crippen molar-refractivity contribution in [3.63, 3.8) is 0 Å². The maximum atomic E-state index is 6.12. The first kappa shape index (κ1) is 13.9. The third kappa shape index (κ3) is 3.50. The lowest BCUT2D eigenvalue weighted by atomic mass is 10.2. The van der Waals surface area contributed by atoms with Gasteiger partial charge < -0.3 is 10.2 Å². The molecule has 0 spiro atoms. The normalized spacial score (nSPS) is 16.2. The standard InChI is InChI=1S/C13H16Cl2N2S/c14-10-6-5-7-11(15)12(10)16-13(18)17-8-3-1-2-4-9-17/h5-7H,1-4,8-9H2,(H,16,18). The Hall–Kier alpha value is -0.510. The summed E-state index contributed by atoms with van der Waals surface area (Å²) in [5.41, 5.74) is 0.704. The molecule has 0 atom stereocenters. The number of rotatable bonds is 1. The van der Waals surface area contributed by atoms with Gasteiger partial charge in [-0.3, -0.25) is 0 Å². The van der Waals surface area contributed by atoms with E-state index in [1.54, 1.807) is 12.1 Å². The van der Waals surface area contributed by atoms with E-state index in [4.69, 9.17) is 35.4 Å². The van der Waals surface area contributed by atoms with Gasteiger partial charge in [0.15, 0.2) is 5.11 Å². The van der Waals surface area contributed by atoms with Crippen LogP contribution in [0.5, 0.6) is 0 Å². The highest BCUT2D eigenvalue weighted by Crippen LogP contribution is 2.30. The van der Waals surface area contributed by atoms with Gasteiger partial charge in [-0.05, 0) is 37.2 Å². The summed E-state index contributed by atoms with van der Waals surface area (Å²) < 4.78 is 0. The van der Waals surface area contributed by atoms with E-state index in [9.17, 15) is 0 Å². The lowest BCUT2D eigenvalue weighted by molar-refractivity contribution is 0.441. The van der Waals surface area contributed by atoms with Crippen molar-refractivity contribution < 1.29 is 0 Å². The Morgan fingerprint density at radius 2 is 1.61 bits per heavy atom. The van der Waals surface area contributed by atoms with Crippen LogP contribution >= 0.6 is 35.4 Å². The highest BCUT2D eigenvalue weighted by atomic mass is 35.5. The predicted molar refractivity (Wildman–Crippen MR) is 82.7 cm³/mol. The minimum Gasteiger partial charge on any atom is -0.349 e. The number of hydrogen-bond donors (Lipinski definition) is 1. The molecule has 0 unspecified atom stereocenters. The molecular weight excluding hydrogens is 287 g/mol. The minimum atomic E-state index is 0.597. The Morgan fingerprint density at radius 3 is 2.17 bits per heavy atom. The van der Waals surface area contributed by atoms with Gasteiger partial charge in [-0.2, -0.15) is 0 Å². The zero-order chi connectivity index (χ0) is 13.0. The second-order valence-corrected chi connectivity index (χ2v) is 5.63. The van der Waals surface area contributed by atoms with Gasteiger partial charge in [0.05, 0.1) is 15.7 Å². The van der Waals surface area contributed by atoms with E-state index in [1.165, 1.54) is 25.7 Å². The molecule has 0 aromatic heterocycles. The molecule has 1 aromatic carbocycles. The molecule has 0 bridgehead atoms. The number of anilines is 1. The summed E-state index contributed by atoms with van der Waals surface area (Å²) in [6.45, 7) is 2.02. The first-order chi connectivity index (χ1) is 8.68. The quantitative estimate of drug-likeness (QED) is 0.765. The van der Waals surface area contributed by atoms with Crippen molar-refractivity contribution in [2.24, 2.45) is 0 Å². The molecule has 98 valence electrons. The van der Waals surface area contributed by atoms with Gasteiger partial charge in [-0.1, -0.05) is 42.1 Å². The molecule has 0 amide bonds. The molecule has 1 aliphatic heterocycles. The molecular formula is C13H16Cl2N2S. The molecule has 2 nitrogen and oxygen atoms in total. The van der Waals surface area contributed by atoms with Gasteiger partial charge in [-0.25, -0.2) is 0 Å². The lowest BCUT2D eigenvalue weighted by Crippen LogP contribution is -2.35. The molecule has 1 aliphatic rings. The molecule has 18 heavy (non-hydrogen) atoms. The minimum absolute atomic E-state index is 0.597. The summed E-state index contributed by atoms with van der Waals surface area (Å²) in [6.07, 6.45) is 4.95. The Kier molecular flexibility index (Phi) is 5.10. The van der Waals surface area contributed by atoms with E-state index in [-0.39, 0.29) is 0 Å². The molecule has 1 saturated heterocycles. The van der Waals surface area contributed by atoms with Crippen LogP contribution in [0.4, 0.5) is 5.69 Å². The van der Waals surface area contributed by atoms with Crippen LogP contribution in [0, 0.1) is 0 Å². The molecule has 1 N–H and O–H groups in total. The summed E-state index contributed by atoms with van der Waals surface area (Å²) in [5, 5.41) is 5.08. The van der Waals surface area contributed by atoms with Gasteiger partial charge in [0.2, 0.25) is 0 Å². The molecule has 1 aromatic rings. The van der Waals surface area contributed by atoms with E-state index < -0.39 is 0 Å². The Balaban J connectivity index is 2.06. The van der Waals surface area contributed by atoms with Crippen molar-refractivity contribution in [3.8, 4) is 0 Å². The van der Waals surface area contributed by atoms with Crippen molar-refractivity contribution >= 4 is 46.2 Å². The smallest absolute Gasteiger partial charge is 0.173 e.